The van der Waals surface area contributed by atoms with Gasteiger partial charge in [-0.1, -0.05) is 0 Å². The highest BCUT2D eigenvalue weighted by molar-refractivity contribution is 9.10. The largest absolute Gasteiger partial charge is 0.353 e. The molecule has 21 heavy (non-hydrogen) atoms. The molecule has 0 N–H and O–H groups in total. The molecule has 1 amide bonds. The Balaban J connectivity index is 1.62. The maximum atomic E-state index is 12.4. The van der Waals surface area contributed by atoms with E-state index in [1.165, 1.54) is 4.88 Å². The van der Waals surface area contributed by atoms with Crippen molar-refractivity contribution in [1.29, 1.82) is 0 Å². The predicted octanol–water partition coefficient (Wildman–Crippen LogP) is 3.18. The number of carbonyl (C=O) groups is 1. The fraction of sp³-hybridized carbons (Fsp3) is 0.333. The number of halogens is 1. The van der Waals surface area contributed by atoms with Gasteiger partial charge in [0.2, 0.25) is 0 Å². The monoisotopic (exact) mass is 365 g/mol. The molecule has 1 fully saturated rings. The first kappa shape index (κ1) is 14.5. The lowest BCUT2D eigenvalue weighted by atomic mass is 10.3. The number of aromatic nitrogens is 1. The third-order valence-electron chi connectivity index (χ3n) is 3.55. The number of hydrogen-bond donors (Lipinski definition) is 0. The Kier molecular flexibility index (Phi) is 4.26. The summed E-state index contributed by atoms with van der Waals surface area (Å²) in [6, 6.07) is 7.92. The van der Waals surface area contributed by atoms with Gasteiger partial charge in [0, 0.05) is 41.7 Å². The van der Waals surface area contributed by atoms with Crippen LogP contribution in [0.25, 0.3) is 0 Å². The first-order valence-corrected chi connectivity index (χ1v) is 8.46. The zero-order valence-electron chi connectivity index (χ0n) is 11.8. The molecule has 4 nitrogen and oxygen atoms in total. The number of thiophene rings is 1. The molecule has 0 unspecified atom stereocenters. The number of aryl methyl sites for hydroxylation is 1. The third kappa shape index (κ3) is 3.27. The molecule has 0 bridgehead atoms. The minimum absolute atomic E-state index is 0.150. The summed E-state index contributed by atoms with van der Waals surface area (Å²) in [5.74, 6) is 1.12. The maximum Gasteiger partial charge on any atom is 0.264 e. The average molecular weight is 366 g/mol. The van der Waals surface area contributed by atoms with Gasteiger partial charge in [0.25, 0.3) is 5.91 Å². The van der Waals surface area contributed by atoms with Gasteiger partial charge in [-0.25, -0.2) is 4.98 Å². The smallest absolute Gasteiger partial charge is 0.264 e. The van der Waals surface area contributed by atoms with Crippen LogP contribution in [0, 0.1) is 6.92 Å². The molecule has 3 rings (SSSR count). The standard InChI is InChI=1S/C15H16BrN3OS/c1-11-2-4-13(21-11)15(20)19-8-6-18(7-9-19)14-5-3-12(16)10-17-14/h2-5,10H,6-9H2,1H3. The normalized spacial score (nSPS) is 15.3. The van der Waals surface area contributed by atoms with Crippen LogP contribution in [-0.4, -0.2) is 42.0 Å². The number of amides is 1. The Labute approximate surface area is 136 Å². The SMILES string of the molecule is Cc1ccc(C(=O)N2CCN(c3ccc(Br)cn3)CC2)s1. The molecule has 0 spiro atoms. The van der Waals surface area contributed by atoms with E-state index in [9.17, 15) is 4.79 Å². The molecule has 1 aliphatic rings. The topological polar surface area (TPSA) is 36.4 Å². The minimum Gasteiger partial charge on any atom is -0.353 e. The number of nitrogens with zero attached hydrogens (tertiary/aromatic N) is 3. The summed E-state index contributed by atoms with van der Waals surface area (Å²) in [6.45, 7) is 5.16. The minimum atomic E-state index is 0.150. The summed E-state index contributed by atoms with van der Waals surface area (Å²) in [4.78, 5) is 23.0. The van der Waals surface area contributed by atoms with E-state index in [4.69, 9.17) is 0 Å². The highest BCUT2D eigenvalue weighted by atomic mass is 79.9. The van der Waals surface area contributed by atoms with E-state index in [-0.39, 0.29) is 5.91 Å². The van der Waals surface area contributed by atoms with E-state index >= 15 is 0 Å². The van der Waals surface area contributed by atoms with Crippen LogP contribution in [0.1, 0.15) is 14.5 Å². The van der Waals surface area contributed by atoms with Gasteiger partial charge in [-0.15, -0.1) is 11.3 Å². The van der Waals surface area contributed by atoms with Gasteiger partial charge in [-0.2, -0.15) is 0 Å². The highest BCUT2D eigenvalue weighted by Gasteiger charge is 2.23. The second kappa shape index (κ2) is 6.15. The van der Waals surface area contributed by atoms with Crippen molar-refractivity contribution in [3.8, 4) is 0 Å². The zero-order valence-corrected chi connectivity index (χ0v) is 14.2. The van der Waals surface area contributed by atoms with E-state index in [0.717, 1.165) is 41.3 Å². The van der Waals surface area contributed by atoms with Gasteiger partial charge in [-0.3, -0.25) is 4.79 Å². The molecule has 0 aliphatic carbocycles. The van der Waals surface area contributed by atoms with E-state index in [1.807, 2.05) is 36.1 Å². The number of carbonyl (C=O) groups excluding carboxylic acids is 1. The second-order valence-electron chi connectivity index (χ2n) is 5.02. The summed E-state index contributed by atoms with van der Waals surface area (Å²) in [6.07, 6.45) is 1.81. The summed E-state index contributed by atoms with van der Waals surface area (Å²) in [5.41, 5.74) is 0. The first-order valence-electron chi connectivity index (χ1n) is 6.86. The van der Waals surface area contributed by atoms with Gasteiger partial charge in [0.1, 0.15) is 5.82 Å². The fourth-order valence-corrected chi connectivity index (χ4v) is 3.47. The van der Waals surface area contributed by atoms with Crippen molar-refractivity contribution in [1.82, 2.24) is 9.88 Å². The van der Waals surface area contributed by atoms with Crippen molar-refractivity contribution in [3.63, 3.8) is 0 Å². The van der Waals surface area contributed by atoms with Crippen LogP contribution < -0.4 is 4.90 Å². The Morgan fingerprint density at radius 1 is 1.19 bits per heavy atom. The van der Waals surface area contributed by atoms with Gasteiger partial charge in [0.15, 0.2) is 0 Å². The molecule has 1 saturated heterocycles. The molecule has 1 aliphatic heterocycles. The quantitative estimate of drug-likeness (QED) is 0.819. The van der Waals surface area contributed by atoms with Crippen molar-refractivity contribution in [2.75, 3.05) is 31.1 Å². The van der Waals surface area contributed by atoms with Crippen LogP contribution in [0.5, 0.6) is 0 Å². The lowest BCUT2D eigenvalue weighted by Gasteiger charge is -2.35. The van der Waals surface area contributed by atoms with Crippen LogP contribution in [0.3, 0.4) is 0 Å². The van der Waals surface area contributed by atoms with Crippen molar-refractivity contribution >= 4 is 39.0 Å². The molecule has 2 aromatic heterocycles. The number of rotatable bonds is 2. The van der Waals surface area contributed by atoms with E-state index in [0.29, 0.717) is 0 Å². The van der Waals surface area contributed by atoms with Gasteiger partial charge in [0.05, 0.1) is 4.88 Å². The van der Waals surface area contributed by atoms with Gasteiger partial charge >= 0.3 is 0 Å². The molecule has 0 radical (unpaired) electrons. The Morgan fingerprint density at radius 2 is 1.95 bits per heavy atom. The van der Waals surface area contributed by atoms with E-state index < -0.39 is 0 Å². The molecule has 0 atom stereocenters. The molecular weight excluding hydrogens is 350 g/mol. The molecule has 6 heteroatoms. The summed E-state index contributed by atoms with van der Waals surface area (Å²) >= 11 is 4.96. The number of hydrogen-bond acceptors (Lipinski definition) is 4. The van der Waals surface area contributed by atoms with E-state index in [2.05, 4.69) is 25.8 Å². The summed E-state index contributed by atoms with van der Waals surface area (Å²) < 4.78 is 0.980. The number of pyridine rings is 1. The Bertz CT molecular complexity index is 633. The van der Waals surface area contributed by atoms with Crippen molar-refractivity contribution < 1.29 is 4.79 Å². The third-order valence-corrected chi connectivity index (χ3v) is 5.01. The Hall–Kier alpha value is -1.40. The lowest BCUT2D eigenvalue weighted by Crippen LogP contribution is -2.48. The lowest BCUT2D eigenvalue weighted by molar-refractivity contribution is 0.0751. The van der Waals surface area contributed by atoms with Crippen molar-refractivity contribution in [3.05, 3.63) is 44.7 Å². The average Bonchev–Trinajstić information content (AvgIpc) is 2.94. The number of piperazine rings is 1. The van der Waals surface area contributed by atoms with Gasteiger partial charge < -0.3 is 9.80 Å². The number of anilines is 1. The molecule has 2 aromatic rings. The molecular formula is C15H16BrN3OS. The molecule has 0 aromatic carbocycles. The van der Waals surface area contributed by atoms with Crippen LogP contribution >= 0.6 is 27.3 Å². The van der Waals surface area contributed by atoms with Gasteiger partial charge in [-0.05, 0) is 47.1 Å². The highest BCUT2D eigenvalue weighted by Crippen LogP contribution is 2.20. The fourth-order valence-electron chi connectivity index (χ4n) is 2.40. The van der Waals surface area contributed by atoms with Crippen LogP contribution in [0.4, 0.5) is 5.82 Å². The van der Waals surface area contributed by atoms with E-state index in [1.54, 1.807) is 17.5 Å². The predicted molar refractivity (Wildman–Crippen MR) is 89.1 cm³/mol. The first-order chi connectivity index (χ1) is 10.1. The van der Waals surface area contributed by atoms with Crippen molar-refractivity contribution in [2.24, 2.45) is 0 Å². The maximum absolute atomic E-state index is 12.4. The molecule has 0 saturated carbocycles. The molecule has 3 heterocycles. The zero-order chi connectivity index (χ0) is 14.8. The summed E-state index contributed by atoms with van der Waals surface area (Å²) in [5, 5.41) is 0. The molecule has 110 valence electrons. The summed E-state index contributed by atoms with van der Waals surface area (Å²) in [7, 11) is 0. The van der Waals surface area contributed by atoms with Crippen molar-refractivity contribution in [2.45, 2.75) is 6.92 Å². The Morgan fingerprint density at radius 3 is 2.52 bits per heavy atom. The van der Waals surface area contributed by atoms with Crippen LogP contribution in [-0.2, 0) is 0 Å². The van der Waals surface area contributed by atoms with Crippen LogP contribution in [0.2, 0.25) is 0 Å². The van der Waals surface area contributed by atoms with Crippen LogP contribution in [0.15, 0.2) is 34.9 Å². The second-order valence-corrected chi connectivity index (χ2v) is 7.23.